The number of hydrogen-bond acceptors (Lipinski definition) is 4. The van der Waals surface area contributed by atoms with Crippen LogP contribution in [0.1, 0.15) is 103 Å². The van der Waals surface area contributed by atoms with Crippen molar-refractivity contribution in [2.75, 3.05) is 19.8 Å². The summed E-state index contributed by atoms with van der Waals surface area (Å²) in [6.07, 6.45) is 21.7. The summed E-state index contributed by atoms with van der Waals surface area (Å²) in [6, 6.07) is 0. The van der Waals surface area contributed by atoms with E-state index in [0.717, 1.165) is 19.3 Å². The minimum absolute atomic E-state index is 0.395. The van der Waals surface area contributed by atoms with Crippen LogP contribution in [0.3, 0.4) is 0 Å². The first-order valence-electron chi connectivity index (χ1n) is 11.3. The minimum atomic E-state index is -1.16. The van der Waals surface area contributed by atoms with E-state index in [4.69, 9.17) is 0 Å². The molecule has 0 bridgehead atoms. The summed E-state index contributed by atoms with van der Waals surface area (Å²) in [4.78, 5) is 0. The molecule has 1 unspecified atom stereocenters. The average Bonchev–Trinajstić information content (AvgIpc) is 2.69. The molecule has 0 aromatic carbocycles. The molecule has 4 N–H and O–H groups in total. The second-order valence-electron chi connectivity index (χ2n) is 8.08. The molecular formula is C23H46O4. The molecule has 4 nitrogen and oxygen atoms in total. The van der Waals surface area contributed by atoms with E-state index in [1.165, 1.54) is 70.6 Å². The van der Waals surface area contributed by atoms with Crippen molar-refractivity contribution in [2.45, 2.75) is 109 Å². The average molecular weight is 387 g/mol. The summed E-state index contributed by atoms with van der Waals surface area (Å²) >= 11 is 0. The molecule has 0 heterocycles. The molecule has 27 heavy (non-hydrogen) atoms. The molecule has 0 amide bonds. The van der Waals surface area contributed by atoms with Crippen LogP contribution in [0.5, 0.6) is 0 Å². The Morgan fingerprint density at radius 3 is 1.48 bits per heavy atom. The van der Waals surface area contributed by atoms with Gasteiger partial charge in [0.25, 0.3) is 0 Å². The fourth-order valence-corrected chi connectivity index (χ4v) is 3.36. The van der Waals surface area contributed by atoms with Gasteiger partial charge in [0.05, 0.1) is 31.3 Å². The van der Waals surface area contributed by atoms with Crippen LogP contribution in [0.15, 0.2) is 12.2 Å². The van der Waals surface area contributed by atoms with Crippen molar-refractivity contribution < 1.29 is 20.4 Å². The lowest BCUT2D eigenvalue weighted by Gasteiger charge is -2.32. The highest BCUT2D eigenvalue weighted by Crippen LogP contribution is 2.24. The van der Waals surface area contributed by atoms with Crippen LogP contribution in [0.4, 0.5) is 0 Å². The smallest absolute Gasteiger partial charge is 0.0662 e. The van der Waals surface area contributed by atoms with Gasteiger partial charge in [-0.15, -0.1) is 0 Å². The number of allylic oxidation sites excluding steroid dienone is 2. The Kier molecular flexibility index (Phi) is 18.6. The summed E-state index contributed by atoms with van der Waals surface area (Å²) in [5.41, 5.74) is -1.16. The van der Waals surface area contributed by atoms with Crippen LogP contribution >= 0.6 is 0 Å². The molecule has 0 rings (SSSR count). The maximum absolute atomic E-state index is 10.1. The van der Waals surface area contributed by atoms with Gasteiger partial charge in [-0.05, 0) is 32.1 Å². The van der Waals surface area contributed by atoms with E-state index in [1.807, 2.05) is 0 Å². The Hall–Kier alpha value is -0.420. The number of rotatable bonds is 20. The van der Waals surface area contributed by atoms with Gasteiger partial charge < -0.3 is 20.4 Å². The number of aliphatic hydroxyl groups is 4. The second kappa shape index (κ2) is 18.9. The second-order valence-corrected chi connectivity index (χ2v) is 8.08. The Morgan fingerprint density at radius 2 is 1.04 bits per heavy atom. The first-order chi connectivity index (χ1) is 13.2. The molecule has 0 aliphatic rings. The highest BCUT2D eigenvalue weighted by atomic mass is 16.3. The number of unbranched alkanes of at least 4 members (excludes halogenated alkanes) is 12. The maximum Gasteiger partial charge on any atom is 0.0662 e. The Balaban J connectivity index is 3.44. The van der Waals surface area contributed by atoms with Crippen LogP contribution in [0.25, 0.3) is 0 Å². The van der Waals surface area contributed by atoms with E-state index in [1.54, 1.807) is 0 Å². The maximum atomic E-state index is 10.1. The molecule has 0 aliphatic carbocycles. The fourth-order valence-electron chi connectivity index (χ4n) is 3.36. The number of aliphatic hydroxyl groups excluding tert-OH is 4. The topological polar surface area (TPSA) is 80.9 Å². The molecule has 0 fully saturated rings. The molecular weight excluding hydrogens is 340 g/mol. The number of hydrogen-bond donors (Lipinski definition) is 4. The van der Waals surface area contributed by atoms with Gasteiger partial charge in [-0.2, -0.15) is 0 Å². The van der Waals surface area contributed by atoms with Gasteiger partial charge in [0.1, 0.15) is 0 Å². The van der Waals surface area contributed by atoms with Crippen molar-refractivity contribution in [3.63, 3.8) is 0 Å². The molecule has 0 aromatic heterocycles. The summed E-state index contributed by atoms with van der Waals surface area (Å²) in [6.45, 7) is 1.07. The van der Waals surface area contributed by atoms with Crippen LogP contribution < -0.4 is 0 Å². The zero-order valence-electron chi connectivity index (χ0n) is 17.7. The molecule has 0 saturated carbocycles. The SMILES string of the molecule is CCCCCCCC/C=C\CCCCCCCCC(O)C(CO)(CO)CO. The van der Waals surface area contributed by atoms with Crippen molar-refractivity contribution >= 4 is 0 Å². The lowest BCUT2D eigenvalue weighted by atomic mass is 9.82. The van der Waals surface area contributed by atoms with E-state index in [9.17, 15) is 20.4 Å². The van der Waals surface area contributed by atoms with Crippen LogP contribution in [-0.4, -0.2) is 46.4 Å². The molecule has 0 aliphatic heterocycles. The lowest BCUT2D eigenvalue weighted by molar-refractivity contribution is -0.0863. The van der Waals surface area contributed by atoms with Crippen molar-refractivity contribution in [2.24, 2.45) is 5.41 Å². The van der Waals surface area contributed by atoms with Crippen molar-refractivity contribution in [3.8, 4) is 0 Å². The monoisotopic (exact) mass is 386 g/mol. The summed E-state index contributed by atoms with van der Waals surface area (Å²) in [7, 11) is 0. The third-order valence-corrected chi connectivity index (χ3v) is 5.64. The van der Waals surface area contributed by atoms with E-state index in [0.29, 0.717) is 6.42 Å². The standard InChI is InChI=1S/C23H46O4/c1-2-3-4-5-6-7-8-9-10-11-12-13-14-15-16-17-18-22(27)23(19-24,20-25)21-26/h9-10,22,24-27H,2-8,11-21H2,1H3/b10-9-. The van der Waals surface area contributed by atoms with E-state index in [-0.39, 0.29) is 0 Å². The predicted octanol–water partition coefficient (Wildman–Crippen LogP) is 4.74. The molecule has 4 heteroatoms. The van der Waals surface area contributed by atoms with Gasteiger partial charge in [-0.25, -0.2) is 0 Å². The molecule has 1 atom stereocenters. The van der Waals surface area contributed by atoms with Gasteiger partial charge in [-0.3, -0.25) is 0 Å². The normalized spacial score (nSPS) is 13.5. The summed E-state index contributed by atoms with van der Waals surface area (Å²) in [5, 5.41) is 38.0. The first kappa shape index (κ1) is 26.6. The van der Waals surface area contributed by atoms with Gasteiger partial charge >= 0.3 is 0 Å². The third-order valence-electron chi connectivity index (χ3n) is 5.64. The lowest BCUT2D eigenvalue weighted by Crippen LogP contribution is -2.45. The minimum Gasteiger partial charge on any atom is -0.396 e. The zero-order chi connectivity index (χ0) is 20.2. The molecule has 0 saturated heterocycles. The largest absolute Gasteiger partial charge is 0.396 e. The fraction of sp³-hybridized carbons (Fsp3) is 0.913. The van der Waals surface area contributed by atoms with Crippen molar-refractivity contribution in [1.82, 2.24) is 0 Å². The summed E-state index contributed by atoms with van der Waals surface area (Å²) < 4.78 is 0. The first-order valence-corrected chi connectivity index (χ1v) is 11.3. The quantitative estimate of drug-likeness (QED) is 0.180. The Bertz CT molecular complexity index is 318. The zero-order valence-corrected chi connectivity index (χ0v) is 17.7. The third kappa shape index (κ3) is 13.4. The van der Waals surface area contributed by atoms with Crippen LogP contribution in [-0.2, 0) is 0 Å². The van der Waals surface area contributed by atoms with E-state index >= 15 is 0 Å². The molecule has 0 aromatic rings. The Morgan fingerprint density at radius 1 is 0.630 bits per heavy atom. The van der Waals surface area contributed by atoms with Crippen molar-refractivity contribution in [1.29, 1.82) is 0 Å². The Labute approximate surface area is 167 Å². The van der Waals surface area contributed by atoms with Gasteiger partial charge in [0, 0.05) is 0 Å². The summed E-state index contributed by atoms with van der Waals surface area (Å²) in [5.74, 6) is 0. The molecule has 0 radical (unpaired) electrons. The van der Waals surface area contributed by atoms with E-state index in [2.05, 4.69) is 19.1 Å². The van der Waals surface area contributed by atoms with Gasteiger partial charge in [-0.1, -0.05) is 83.3 Å². The highest BCUT2D eigenvalue weighted by Gasteiger charge is 2.35. The van der Waals surface area contributed by atoms with Crippen molar-refractivity contribution in [3.05, 3.63) is 12.2 Å². The predicted molar refractivity (Wildman–Crippen MR) is 114 cm³/mol. The molecule has 162 valence electrons. The van der Waals surface area contributed by atoms with Gasteiger partial charge in [0.15, 0.2) is 0 Å². The molecule has 0 spiro atoms. The van der Waals surface area contributed by atoms with Crippen LogP contribution in [0, 0.1) is 5.41 Å². The highest BCUT2D eigenvalue weighted by molar-refractivity contribution is 4.85. The van der Waals surface area contributed by atoms with E-state index < -0.39 is 31.3 Å². The van der Waals surface area contributed by atoms with Crippen LogP contribution in [0.2, 0.25) is 0 Å². The van der Waals surface area contributed by atoms with Gasteiger partial charge in [0.2, 0.25) is 0 Å².